The zero-order valence-electron chi connectivity index (χ0n) is 15.4. The fourth-order valence-electron chi connectivity index (χ4n) is 2.91. The predicted molar refractivity (Wildman–Crippen MR) is 113 cm³/mol. The Hall–Kier alpha value is -2.62. The number of rotatable bonds is 8. The molecule has 0 radical (unpaired) electrons. The van der Waals surface area contributed by atoms with Crippen LogP contribution in [-0.2, 0) is 17.9 Å². The fraction of sp³-hybridized carbons (Fsp3) is 0.174. The lowest BCUT2D eigenvalue weighted by Crippen LogP contribution is -2.18. The van der Waals surface area contributed by atoms with Crippen molar-refractivity contribution in [2.24, 2.45) is 0 Å². The zero-order valence-corrected chi connectivity index (χ0v) is 16.2. The second-order valence-electron chi connectivity index (χ2n) is 6.25. The number of benzene rings is 3. The lowest BCUT2D eigenvalue weighted by Gasteiger charge is -2.22. The summed E-state index contributed by atoms with van der Waals surface area (Å²) < 4.78 is 5.70. The van der Waals surface area contributed by atoms with Gasteiger partial charge in [0, 0.05) is 30.4 Å². The van der Waals surface area contributed by atoms with Crippen molar-refractivity contribution >= 4 is 23.9 Å². The number of ketones is 1. The van der Waals surface area contributed by atoms with Gasteiger partial charge in [-0.1, -0.05) is 78.9 Å². The molecule has 4 heteroatoms. The summed E-state index contributed by atoms with van der Waals surface area (Å²) in [5, 5.41) is 0. The summed E-state index contributed by atoms with van der Waals surface area (Å²) >= 11 is 0. The monoisotopic (exact) mass is 381 g/mol. The maximum absolute atomic E-state index is 12.2. The van der Waals surface area contributed by atoms with E-state index in [2.05, 4.69) is 30.1 Å². The molecule has 3 aromatic rings. The van der Waals surface area contributed by atoms with Crippen LogP contribution in [0, 0.1) is 0 Å². The predicted octanol–water partition coefficient (Wildman–Crippen LogP) is 5.14. The van der Waals surface area contributed by atoms with Crippen LogP contribution in [0.4, 0.5) is 5.69 Å². The van der Waals surface area contributed by atoms with Gasteiger partial charge in [0.1, 0.15) is 6.61 Å². The van der Waals surface area contributed by atoms with E-state index in [1.165, 1.54) is 5.56 Å². The van der Waals surface area contributed by atoms with Crippen molar-refractivity contribution in [3.8, 4) is 0 Å². The average molecular weight is 382 g/mol. The second-order valence-corrected chi connectivity index (χ2v) is 6.25. The number of ether oxygens (including phenoxy) is 1. The van der Waals surface area contributed by atoms with Crippen molar-refractivity contribution in [3.05, 3.63) is 102 Å². The van der Waals surface area contributed by atoms with E-state index in [0.717, 1.165) is 17.8 Å². The third-order valence-corrected chi connectivity index (χ3v) is 4.25. The molecule has 0 fully saturated rings. The molecule has 27 heavy (non-hydrogen) atoms. The molecule has 0 aromatic heterocycles. The first kappa shape index (κ1) is 20.7. The van der Waals surface area contributed by atoms with Crippen LogP contribution in [0.15, 0.2) is 84.9 Å². The maximum atomic E-state index is 12.2. The largest absolute Gasteiger partial charge is 0.370 e. The van der Waals surface area contributed by atoms with Crippen LogP contribution < -0.4 is 4.90 Å². The molecule has 0 spiro atoms. The third kappa shape index (κ3) is 5.95. The standard InChI is InChI=1S/C23H23NO2.ClH/c1-24(16-19-10-4-2-5-11-19)22-15-9-8-14-21(22)17-26-18-23(25)20-12-6-3-7-13-20;/h2-15H,16-18H2,1H3;1H. The van der Waals surface area contributed by atoms with Crippen LogP contribution >= 0.6 is 12.4 Å². The van der Waals surface area contributed by atoms with E-state index >= 15 is 0 Å². The van der Waals surface area contributed by atoms with Crippen LogP contribution in [0.3, 0.4) is 0 Å². The third-order valence-electron chi connectivity index (χ3n) is 4.25. The quantitative estimate of drug-likeness (QED) is 0.506. The van der Waals surface area contributed by atoms with Gasteiger partial charge in [0.2, 0.25) is 0 Å². The Labute approximate surface area is 167 Å². The van der Waals surface area contributed by atoms with Crippen LogP contribution in [0.1, 0.15) is 21.5 Å². The smallest absolute Gasteiger partial charge is 0.188 e. The van der Waals surface area contributed by atoms with Crippen molar-refractivity contribution in [1.29, 1.82) is 0 Å². The van der Waals surface area contributed by atoms with E-state index in [9.17, 15) is 4.79 Å². The number of Topliss-reactive ketones (excluding diaryl/α,β-unsaturated/α-hetero) is 1. The number of para-hydroxylation sites is 1. The first-order valence-corrected chi connectivity index (χ1v) is 8.73. The molecule has 0 aliphatic rings. The molecule has 0 aliphatic carbocycles. The summed E-state index contributed by atoms with van der Waals surface area (Å²) in [4.78, 5) is 14.4. The number of hydrogen-bond donors (Lipinski definition) is 0. The molecule has 0 N–H and O–H groups in total. The number of nitrogens with zero attached hydrogens (tertiary/aromatic N) is 1. The molecule has 0 aliphatic heterocycles. The maximum Gasteiger partial charge on any atom is 0.188 e. The average Bonchev–Trinajstić information content (AvgIpc) is 2.69. The summed E-state index contributed by atoms with van der Waals surface area (Å²) in [6, 6.07) is 27.8. The molecule has 3 aromatic carbocycles. The van der Waals surface area contributed by atoms with Crippen molar-refractivity contribution in [2.45, 2.75) is 13.2 Å². The van der Waals surface area contributed by atoms with Crippen molar-refractivity contribution in [1.82, 2.24) is 0 Å². The van der Waals surface area contributed by atoms with Gasteiger partial charge >= 0.3 is 0 Å². The first-order valence-electron chi connectivity index (χ1n) is 8.73. The molecule has 3 rings (SSSR count). The Kier molecular flexibility index (Phi) is 8.05. The molecule has 140 valence electrons. The Balaban J connectivity index is 0.00000261. The van der Waals surface area contributed by atoms with Gasteiger partial charge < -0.3 is 9.64 Å². The van der Waals surface area contributed by atoms with Gasteiger partial charge in [0.15, 0.2) is 5.78 Å². The van der Waals surface area contributed by atoms with Crippen LogP contribution in [0.5, 0.6) is 0 Å². The minimum Gasteiger partial charge on any atom is -0.370 e. The summed E-state index contributed by atoms with van der Waals surface area (Å²) in [6.45, 7) is 1.31. The van der Waals surface area contributed by atoms with E-state index in [1.807, 2.05) is 66.7 Å². The number of halogens is 1. The number of hydrogen-bond acceptors (Lipinski definition) is 3. The molecule has 3 nitrogen and oxygen atoms in total. The number of carbonyl (C=O) groups excluding carboxylic acids is 1. The number of carbonyl (C=O) groups is 1. The van der Waals surface area contributed by atoms with Crippen molar-refractivity contribution in [3.63, 3.8) is 0 Å². The van der Waals surface area contributed by atoms with Crippen LogP contribution in [0.25, 0.3) is 0 Å². The normalized spacial score (nSPS) is 10.1. The van der Waals surface area contributed by atoms with Crippen LogP contribution in [-0.4, -0.2) is 19.4 Å². The molecule has 0 saturated carbocycles. The molecule has 0 unspecified atom stereocenters. The van der Waals surface area contributed by atoms with Gasteiger partial charge in [-0.25, -0.2) is 0 Å². The second kappa shape index (κ2) is 10.5. The summed E-state index contributed by atoms with van der Waals surface area (Å²) in [5.74, 6) is 0.000668. The molecule has 0 saturated heterocycles. The van der Waals surface area contributed by atoms with Crippen molar-refractivity contribution < 1.29 is 9.53 Å². The summed E-state index contributed by atoms with van der Waals surface area (Å²) in [7, 11) is 2.07. The molecule has 0 atom stereocenters. The summed E-state index contributed by atoms with van der Waals surface area (Å²) in [6.07, 6.45) is 0. The van der Waals surface area contributed by atoms with Gasteiger partial charge in [-0.2, -0.15) is 0 Å². The first-order chi connectivity index (χ1) is 12.7. The molecule has 0 bridgehead atoms. The SMILES string of the molecule is CN(Cc1ccccc1)c1ccccc1COCC(=O)c1ccccc1.Cl. The topological polar surface area (TPSA) is 29.5 Å². The van der Waals surface area contributed by atoms with E-state index in [0.29, 0.717) is 12.2 Å². The lowest BCUT2D eigenvalue weighted by atomic mass is 10.1. The highest BCUT2D eigenvalue weighted by Crippen LogP contribution is 2.22. The fourth-order valence-corrected chi connectivity index (χ4v) is 2.91. The molecular formula is C23H24ClNO2. The van der Waals surface area contributed by atoms with Gasteiger partial charge in [-0.3, -0.25) is 4.79 Å². The Morgan fingerprint density at radius 2 is 1.44 bits per heavy atom. The molecule has 0 heterocycles. The zero-order chi connectivity index (χ0) is 18.2. The highest BCUT2D eigenvalue weighted by molar-refractivity contribution is 5.97. The van der Waals surface area contributed by atoms with E-state index in [-0.39, 0.29) is 24.8 Å². The van der Waals surface area contributed by atoms with Gasteiger partial charge in [-0.05, 0) is 11.6 Å². The minimum absolute atomic E-state index is 0. The van der Waals surface area contributed by atoms with E-state index < -0.39 is 0 Å². The van der Waals surface area contributed by atoms with Crippen LogP contribution in [0.2, 0.25) is 0 Å². The highest BCUT2D eigenvalue weighted by Gasteiger charge is 2.10. The Bertz CT molecular complexity index is 837. The molecular weight excluding hydrogens is 358 g/mol. The lowest BCUT2D eigenvalue weighted by molar-refractivity contribution is 0.0727. The number of anilines is 1. The van der Waals surface area contributed by atoms with Gasteiger partial charge in [0.25, 0.3) is 0 Å². The highest BCUT2D eigenvalue weighted by atomic mass is 35.5. The van der Waals surface area contributed by atoms with E-state index in [1.54, 1.807) is 0 Å². The Morgan fingerprint density at radius 3 is 2.15 bits per heavy atom. The van der Waals surface area contributed by atoms with Gasteiger partial charge in [-0.15, -0.1) is 12.4 Å². The van der Waals surface area contributed by atoms with Gasteiger partial charge in [0.05, 0.1) is 6.61 Å². The van der Waals surface area contributed by atoms with E-state index in [4.69, 9.17) is 4.74 Å². The summed E-state index contributed by atoms with van der Waals surface area (Å²) in [5.41, 5.74) is 4.13. The van der Waals surface area contributed by atoms with Crippen molar-refractivity contribution in [2.75, 3.05) is 18.6 Å². The Morgan fingerprint density at radius 1 is 0.852 bits per heavy atom. The minimum atomic E-state index is 0. The molecule has 0 amide bonds.